The van der Waals surface area contributed by atoms with Crippen molar-refractivity contribution < 1.29 is 0 Å². The van der Waals surface area contributed by atoms with Crippen LogP contribution in [0.3, 0.4) is 0 Å². The Balaban J connectivity index is 3.13. The number of rotatable bonds is 1. The van der Waals surface area contributed by atoms with Crippen molar-refractivity contribution in [3.63, 3.8) is 0 Å². The van der Waals surface area contributed by atoms with E-state index >= 15 is 0 Å². The molecule has 0 aromatic heterocycles. The molecule has 1 rings (SSSR count). The van der Waals surface area contributed by atoms with Gasteiger partial charge in [-0.1, -0.05) is 30.0 Å². The van der Waals surface area contributed by atoms with Gasteiger partial charge in [-0.25, -0.2) is 0 Å². The van der Waals surface area contributed by atoms with Gasteiger partial charge in [0.1, 0.15) is 0 Å². The number of benzene rings is 1. The van der Waals surface area contributed by atoms with Gasteiger partial charge in [0.25, 0.3) is 0 Å². The molecule has 0 heteroatoms. The lowest BCUT2D eigenvalue weighted by Crippen LogP contribution is -1.99. The third-order valence-corrected chi connectivity index (χ3v) is 1.94. The topological polar surface area (TPSA) is 0 Å². The molecule has 16 heavy (non-hydrogen) atoms. The predicted octanol–water partition coefficient (Wildman–Crippen LogP) is 4.27. The van der Waals surface area contributed by atoms with Crippen LogP contribution in [-0.2, 0) is 0 Å². The summed E-state index contributed by atoms with van der Waals surface area (Å²) >= 11 is 0. The highest BCUT2D eigenvalue weighted by molar-refractivity contribution is 5.58. The van der Waals surface area contributed by atoms with Crippen LogP contribution in [0.2, 0.25) is 0 Å². The van der Waals surface area contributed by atoms with Crippen molar-refractivity contribution in [2.24, 2.45) is 5.41 Å². The van der Waals surface area contributed by atoms with E-state index in [1.54, 1.807) is 0 Å². The van der Waals surface area contributed by atoms with Gasteiger partial charge in [-0.15, -0.1) is 5.73 Å². The zero-order valence-corrected chi connectivity index (χ0v) is 10.5. The fraction of sp³-hybridized carbons (Fsp3) is 0.312. The second kappa shape index (κ2) is 5.40. The van der Waals surface area contributed by atoms with E-state index in [1.807, 2.05) is 37.3 Å². The van der Waals surface area contributed by atoms with Gasteiger partial charge in [-0.3, -0.25) is 0 Å². The van der Waals surface area contributed by atoms with Crippen molar-refractivity contribution in [2.75, 3.05) is 0 Å². The Hall–Kier alpha value is -1.70. The van der Waals surface area contributed by atoms with Crippen molar-refractivity contribution in [3.8, 4) is 11.8 Å². The van der Waals surface area contributed by atoms with E-state index in [1.165, 1.54) is 0 Å². The Morgan fingerprint density at radius 1 is 1.12 bits per heavy atom. The first-order valence-electron chi connectivity index (χ1n) is 5.52. The molecule has 0 nitrogen and oxygen atoms in total. The van der Waals surface area contributed by atoms with Gasteiger partial charge in [-0.05, 0) is 51.5 Å². The zero-order chi connectivity index (χ0) is 12.0. The summed E-state index contributed by atoms with van der Waals surface area (Å²) in [6, 6.07) is 8.14. The van der Waals surface area contributed by atoms with Crippen molar-refractivity contribution in [2.45, 2.75) is 27.7 Å². The summed E-state index contributed by atoms with van der Waals surface area (Å²) in [5.74, 6) is 6.47. The monoisotopic (exact) mass is 210 g/mol. The molecule has 0 atom stereocenters. The highest BCUT2D eigenvalue weighted by atomic mass is 14.1. The van der Waals surface area contributed by atoms with Crippen LogP contribution in [0.25, 0.3) is 6.08 Å². The molecule has 1 aromatic carbocycles. The van der Waals surface area contributed by atoms with Gasteiger partial charge in [0.15, 0.2) is 0 Å². The Morgan fingerprint density at radius 2 is 1.81 bits per heavy atom. The molecule has 1 aromatic rings. The lowest BCUT2D eigenvalue weighted by molar-refractivity contribution is 0.571. The van der Waals surface area contributed by atoms with Crippen LogP contribution in [0.1, 0.15) is 38.8 Å². The molecule has 0 aliphatic heterocycles. The van der Waals surface area contributed by atoms with E-state index in [9.17, 15) is 0 Å². The fourth-order valence-corrected chi connectivity index (χ4v) is 1.16. The maximum Gasteiger partial charge on any atom is 0.0324 e. The van der Waals surface area contributed by atoms with Crippen molar-refractivity contribution in [3.05, 3.63) is 47.2 Å². The molecule has 0 aliphatic rings. The molecule has 0 saturated heterocycles. The van der Waals surface area contributed by atoms with Gasteiger partial charge in [0.2, 0.25) is 0 Å². The number of hydrogen-bond donors (Lipinski definition) is 0. The molecule has 0 heterocycles. The molecule has 0 spiro atoms. The standard InChI is InChI=1S/C16H18/c1-5-6-9-14-10-7-8-11-15(14)12-13-16(2,3)4/h5,7-11H,1-4H3. The first-order valence-corrected chi connectivity index (χ1v) is 5.52. The Labute approximate surface area is 98.7 Å². The van der Waals surface area contributed by atoms with E-state index in [0.717, 1.165) is 11.1 Å². The van der Waals surface area contributed by atoms with Crippen LogP contribution in [0.15, 0.2) is 36.1 Å². The van der Waals surface area contributed by atoms with Gasteiger partial charge >= 0.3 is 0 Å². The molecule has 0 saturated carbocycles. The van der Waals surface area contributed by atoms with Gasteiger partial charge in [0.05, 0.1) is 0 Å². The SMILES string of the molecule is CC=C=Cc1ccccc1C#CC(C)(C)C. The normalized spacial score (nSPS) is 9.75. The first-order chi connectivity index (χ1) is 7.53. The molecule has 0 aliphatic carbocycles. The summed E-state index contributed by atoms with van der Waals surface area (Å²) in [5.41, 5.74) is 5.31. The van der Waals surface area contributed by atoms with Crippen LogP contribution >= 0.6 is 0 Å². The van der Waals surface area contributed by atoms with Crippen molar-refractivity contribution in [1.82, 2.24) is 0 Å². The smallest absolute Gasteiger partial charge is 0.0324 e. The molecule has 0 radical (unpaired) electrons. The summed E-state index contributed by atoms with van der Waals surface area (Å²) in [4.78, 5) is 0. The summed E-state index contributed by atoms with van der Waals surface area (Å²) in [6.45, 7) is 8.30. The van der Waals surface area contributed by atoms with Gasteiger partial charge in [-0.2, -0.15) is 0 Å². The minimum absolute atomic E-state index is 0.0391. The molecular formula is C16H18. The minimum atomic E-state index is 0.0391. The maximum absolute atomic E-state index is 3.25. The Bertz CT molecular complexity index is 467. The molecule has 82 valence electrons. The lowest BCUT2D eigenvalue weighted by Gasteiger charge is -2.07. The molecule has 0 unspecified atom stereocenters. The molecular weight excluding hydrogens is 192 g/mol. The van der Waals surface area contributed by atoms with Crippen LogP contribution in [-0.4, -0.2) is 0 Å². The van der Waals surface area contributed by atoms with E-state index in [4.69, 9.17) is 0 Å². The molecule has 0 N–H and O–H groups in total. The molecule has 0 bridgehead atoms. The quantitative estimate of drug-likeness (QED) is 0.479. The number of hydrogen-bond acceptors (Lipinski definition) is 0. The number of allylic oxidation sites excluding steroid dienone is 1. The molecule has 0 amide bonds. The summed E-state index contributed by atoms with van der Waals surface area (Å²) in [7, 11) is 0. The van der Waals surface area contributed by atoms with E-state index in [2.05, 4.69) is 44.4 Å². The summed E-state index contributed by atoms with van der Waals surface area (Å²) in [5, 5.41) is 0. The van der Waals surface area contributed by atoms with Crippen LogP contribution < -0.4 is 0 Å². The third kappa shape index (κ3) is 4.22. The van der Waals surface area contributed by atoms with E-state index in [0.29, 0.717) is 0 Å². The summed E-state index contributed by atoms with van der Waals surface area (Å²) in [6.07, 6.45) is 3.86. The van der Waals surface area contributed by atoms with Crippen molar-refractivity contribution >= 4 is 6.08 Å². The highest BCUT2D eigenvalue weighted by Crippen LogP contribution is 2.13. The van der Waals surface area contributed by atoms with Crippen molar-refractivity contribution in [1.29, 1.82) is 0 Å². The first kappa shape index (κ1) is 12.4. The predicted molar refractivity (Wildman–Crippen MR) is 71.0 cm³/mol. The second-order valence-corrected chi connectivity index (χ2v) is 4.69. The highest BCUT2D eigenvalue weighted by Gasteiger charge is 2.03. The van der Waals surface area contributed by atoms with E-state index < -0.39 is 0 Å². The maximum atomic E-state index is 3.25. The van der Waals surface area contributed by atoms with Crippen LogP contribution in [0, 0.1) is 17.3 Å². The average molecular weight is 210 g/mol. The fourth-order valence-electron chi connectivity index (χ4n) is 1.16. The van der Waals surface area contributed by atoms with Crippen LogP contribution in [0.5, 0.6) is 0 Å². The lowest BCUT2D eigenvalue weighted by atomic mass is 9.96. The Kier molecular flexibility index (Phi) is 4.18. The van der Waals surface area contributed by atoms with Crippen LogP contribution in [0.4, 0.5) is 0 Å². The average Bonchev–Trinajstić information content (AvgIpc) is 2.23. The van der Waals surface area contributed by atoms with Gasteiger partial charge in [0, 0.05) is 11.0 Å². The zero-order valence-electron chi connectivity index (χ0n) is 10.5. The summed E-state index contributed by atoms with van der Waals surface area (Å²) < 4.78 is 0. The Morgan fingerprint density at radius 3 is 2.44 bits per heavy atom. The third-order valence-electron chi connectivity index (χ3n) is 1.94. The van der Waals surface area contributed by atoms with Gasteiger partial charge < -0.3 is 0 Å². The second-order valence-electron chi connectivity index (χ2n) is 4.69. The van der Waals surface area contributed by atoms with E-state index in [-0.39, 0.29) is 5.41 Å². The largest absolute Gasteiger partial charge is 0.125 e. The molecule has 0 fully saturated rings. The minimum Gasteiger partial charge on any atom is -0.125 e.